The van der Waals surface area contributed by atoms with Gasteiger partial charge in [-0.1, -0.05) is 6.92 Å². The molecule has 0 heterocycles. The molecule has 44 valence electrons. The maximum Gasteiger partial charge on any atom is 0.0827 e. The summed E-state index contributed by atoms with van der Waals surface area (Å²) in [6, 6.07) is 0.824. The second-order valence-corrected chi connectivity index (χ2v) is 2.03. The zero-order valence-corrected chi connectivity index (χ0v) is 5.57. The van der Waals surface area contributed by atoms with E-state index in [-0.39, 0.29) is 0 Å². The average molecular weight is 102 g/mol. The van der Waals surface area contributed by atoms with Gasteiger partial charge in [0.1, 0.15) is 0 Å². The Bertz CT molecular complexity index is 35.2. The van der Waals surface area contributed by atoms with Gasteiger partial charge < -0.3 is 5.32 Å². The Labute approximate surface area is 46.1 Å². The van der Waals surface area contributed by atoms with Gasteiger partial charge >= 0.3 is 0 Å². The minimum Gasteiger partial charge on any atom is -0.344 e. The van der Waals surface area contributed by atoms with E-state index >= 15 is 0 Å². The van der Waals surface area contributed by atoms with Gasteiger partial charge in [-0.15, -0.1) is 0 Å². The molecule has 0 aliphatic heterocycles. The van der Waals surface area contributed by atoms with Crippen LogP contribution in [0.5, 0.6) is 0 Å². The van der Waals surface area contributed by atoms with Crippen LogP contribution in [0, 0.1) is 0 Å². The molecule has 2 N–H and O–H groups in total. The second kappa shape index (κ2) is 4.13. The second-order valence-electron chi connectivity index (χ2n) is 2.03. The summed E-state index contributed by atoms with van der Waals surface area (Å²) in [6.45, 7) is 7.88. The molecule has 0 aromatic rings. The summed E-state index contributed by atoms with van der Waals surface area (Å²) in [5.74, 6) is 0. The first-order valence-electron chi connectivity index (χ1n) is 3.14. The first kappa shape index (κ1) is 6.96. The highest BCUT2D eigenvalue weighted by atomic mass is 14.9. The monoisotopic (exact) mass is 102 g/mol. The predicted molar refractivity (Wildman–Crippen MR) is 32.2 cm³/mol. The fourth-order valence-corrected chi connectivity index (χ4v) is 0.569. The van der Waals surface area contributed by atoms with Crippen LogP contribution in [0.2, 0.25) is 0 Å². The Morgan fingerprint density at radius 3 is 2.14 bits per heavy atom. The SMILES string of the molecule is CC[NH2+]C(C)CC. The van der Waals surface area contributed by atoms with Crippen molar-refractivity contribution in [2.45, 2.75) is 33.2 Å². The van der Waals surface area contributed by atoms with E-state index in [9.17, 15) is 0 Å². The van der Waals surface area contributed by atoms with Crippen LogP contribution >= 0.6 is 0 Å². The van der Waals surface area contributed by atoms with Crippen LogP contribution in [-0.2, 0) is 0 Å². The van der Waals surface area contributed by atoms with Crippen LogP contribution in [0.1, 0.15) is 27.2 Å². The smallest absolute Gasteiger partial charge is 0.0827 e. The number of nitrogens with two attached hydrogens (primary N) is 1. The molecule has 0 aromatic carbocycles. The molecule has 0 bridgehead atoms. The van der Waals surface area contributed by atoms with Gasteiger partial charge in [0, 0.05) is 0 Å². The quantitative estimate of drug-likeness (QED) is 0.530. The Kier molecular flexibility index (Phi) is 4.10. The fraction of sp³-hybridized carbons (Fsp3) is 1.00. The zero-order valence-electron chi connectivity index (χ0n) is 5.57. The molecule has 0 saturated carbocycles. The molecule has 1 nitrogen and oxygen atoms in total. The summed E-state index contributed by atoms with van der Waals surface area (Å²) >= 11 is 0. The number of rotatable bonds is 3. The largest absolute Gasteiger partial charge is 0.344 e. The third-order valence-corrected chi connectivity index (χ3v) is 1.28. The molecule has 0 fully saturated rings. The number of hydrogen-bond acceptors (Lipinski definition) is 0. The molecular weight excluding hydrogens is 86.1 g/mol. The van der Waals surface area contributed by atoms with Gasteiger partial charge in [0.2, 0.25) is 0 Å². The third kappa shape index (κ3) is 3.80. The van der Waals surface area contributed by atoms with Crippen LogP contribution in [0.3, 0.4) is 0 Å². The molecule has 7 heavy (non-hydrogen) atoms. The van der Waals surface area contributed by atoms with Crippen LogP contribution < -0.4 is 5.32 Å². The van der Waals surface area contributed by atoms with Crippen molar-refractivity contribution < 1.29 is 5.32 Å². The molecule has 0 saturated heterocycles. The molecule has 0 aliphatic carbocycles. The normalized spacial score (nSPS) is 14.1. The molecule has 0 radical (unpaired) electrons. The van der Waals surface area contributed by atoms with Crippen molar-refractivity contribution in [2.75, 3.05) is 6.54 Å². The van der Waals surface area contributed by atoms with E-state index in [4.69, 9.17) is 0 Å². The van der Waals surface area contributed by atoms with Crippen molar-refractivity contribution in [1.29, 1.82) is 0 Å². The molecule has 0 spiro atoms. The summed E-state index contributed by atoms with van der Waals surface area (Å²) in [5, 5.41) is 2.35. The average Bonchev–Trinajstić information content (AvgIpc) is 1.68. The van der Waals surface area contributed by atoms with E-state index < -0.39 is 0 Å². The first-order chi connectivity index (χ1) is 3.31. The van der Waals surface area contributed by atoms with E-state index in [2.05, 4.69) is 26.1 Å². The highest BCUT2D eigenvalue weighted by Crippen LogP contribution is 1.76. The lowest BCUT2D eigenvalue weighted by atomic mass is 10.3. The Morgan fingerprint density at radius 2 is 2.00 bits per heavy atom. The Balaban J connectivity index is 2.83. The lowest BCUT2D eigenvalue weighted by Crippen LogP contribution is -2.88. The molecule has 0 aromatic heterocycles. The van der Waals surface area contributed by atoms with Gasteiger partial charge in [-0.25, -0.2) is 0 Å². The molecule has 0 rings (SSSR count). The number of hydrogen-bond donors (Lipinski definition) is 1. The highest BCUT2D eigenvalue weighted by Gasteiger charge is 1.94. The van der Waals surface area contributed by atoms with Crippen LogP contribution in [0.15, 0.2) is 0 Å². The van der Waals surface area contributed by atoms with E-state index in [1.54, 1.807) is 0 Å². The molecular formula is C6H16N+. The Morgan fingerprint density at radius 1 is 1.43 bits per heavy atom. The van der Waals surface area contributed by atoms with E-state index in [1.807, 2.05) is 0 Å². The van der Waals surface area contributed by atoms with Crippen LogP contribution in [-0.4, -0.2) is 12.6 Å². The summed E-state index contributed by atoms with van der Waals surface area (Å²) in [7, 11) is 0. The number of quaternary nitrogens is 1. The molecule has 0 aliphatic rings. The first-order valence-corrected chi connectivity index (χ1v) is 3.14. The van der Waals surface area contributed by atoms with Gasteiger partial charge in [-0.3, -0.25) is 0 Å². The fourth-order valence-electron chi connectivity index (χ4n) is 0.569. The maximum atomic E-state index is 2.35. The van der Waals surface area contributed by atoms with Crippen molar-refractivity contribution in [1.82, 2.24) is 0 Å². The van der Waals surface area contributed by atoms with Crippen LogP contribution in [0.4, 0.5) is 0 Å². The van der Waals surface area contributed by atoms with Crippen molar-refractivity contribution in [3.8, 4) is 0 Å². The van der Waals surface area contributed by atoms with Gasteiger partial charge in [0.05, 0.1) is 12.6 Å². The van der Waals surface area contributed by atoms with E-state index in [0.717, 1.165) is 6.04 Å². The van der Waals surface area contributed by atoms with Crippen molar-refractivity contribution >= 4 is 0 Å². The lowest BCUT2D eigenvalue weighted by molar-refractivity contribution is -0.683. The standard InChI is InChI=1S/C6H15N/c1-4-6(3)7-5-2/h6-7H,4-5H2,1-3H3/p+1. The van der Waals surface area contributed by atoms with Crippen molar-refractivity contribution in [2.24, 2.45) is 0 Å². The van der Waals surface area contributed by atoms with Gasteiger partial charge in [-0.2, -0.15) is 0 Å². The van der Waals surface area contributed by atoms with Crippen molar-refractivity contribution in [3.63, 3.8) is 0 Å². The van der Waals surface area contributed by atoms with Gasteiger partial charge in [-0.05, 0) is 20.3 Å². The molecule has 1 heteroatoms. The van der Waals surface area contributed by atoms with Crippen LogP contribution in [0.25, 0.3) is 0 Å². The van der Waals surface area contributed by atoms with Gasteiger partial charge in [0.15, 0.2) is 0 Å². The minimum atomic E-state index is 0.824. The highest BCUT2D eigenvalue weighted by molar-refractivity contribution is 4.34. The van der Waals surface area contributed by atoms with E-state index in [0.29, 0.717) is 0 Å². The van der Waals surface area contributed by atoms with Crippen molar-refractivity contribution in [3.05, 3.63) is 0 Å². The summed E-state index contributed by atoms with van der Waals surface area (Å²) in [4.78, 5) is 0. The zero-order chi connectivity index (χ0) is 5.70. The van der Waals surface area contributed by atoms with Gasteiger partial charge in [0.25, 0.3) is 0 Å². The molecule has 1 atom stereocenters. The summed E-state index contributed by atoms with van der Waals surface area (Å²) < 4.78 is 0. The lowest BCUT2D eigenvalue weighted by Gasteiger charge is -2.02. The molecule has 0 amide bonds. The summed E-state index contributed by atoms with van der Waals surface area (Å²) in [5.41, 5.74) is 0. The third-order valence-electron chi connectivity index (χ3n) is 1.28. The van der Waals surface area contributed by atoms with E-state index in [1.165, 1.54) is 13.0 Å². The predicted octanol–water partition coefficient (Wildman–Crippen LogP) is 0.368. The summed E-state index contributed by atoms with van der Waals surface area (Å²) in [6.07, 6.45) is 1.29. The minimum absolute atomic E-state index is 0.824. The molecule has 1 unspecified atom stereocenters. The Hall–Kier alpha value is -0.0400. The maximum absolute atomic E-state index is 2.35. The topological polar surface area (TPSA) is 16.6 Å².